The van der Waals surface area contributed by atoms with Crippen LogP contribution in [0.2, 0.25) is 5.02 Å². The Kier molecular flexibility index (Phi) is 5.76. The maximum absolute atomic E-state index is 12.1. The van der Waals surface area contributed by atoms with Crippen molar-refractivity contribution in [3.8, 4) is 5.75 Å². The van der Waals surface area contributed by atoms with Crippen LogP contribution in [0.5, 0.6) is 5.75 Å². The first-order valence-corrected chi connectivity index (χ1v) is 7.59. The molecule has 0 spiro atoms. The number of hydrogen-bond donors (Lipinski definition) is 2. The summed E-state index contributed by atoms with van der Waals surface area (Å²) in [6.07, 6.45) is 1.52. The fourth-order valence-corrected chi connectivity index (χ4v) is 2.00. The molecule has 0 atom stereocenters. The fraction of sp³-hybridized carbons (Fsp3) is 0.312. The van der Waals surface area contributed by atoms with Crippen LogP contribution in [-0.4, -0.2) is 29.5 Å². The fourth-order valence-electron chi connectivity index (χ4n) is 1.83. The summed E-state index contributed by atoms with van der Waals surface area (Å²) in [6.45, 7) is 4.64. The Morgan fingerprint density at radius 2 is 2.13 bits per heavy atom. The topological polar surface area (TPSA) is 76.1 Å². The Morgan fingerprint density at radius 1 is 1.35 bits per heavy atom. The third kappa shape index (κ3) is 4.82. The zero-order valence-corrected chi connectivity index (χ0v) is 14.0. The highest BCUT2D eigenvalue weighted by Crippen LogP contribution is 2.29. The lowest BCUT2D eigenvalue weighted by molar-refractivity contribution is 0.0944. The number of ether oxygens (including phenoxy) is 1. The van der Waals surface area contributed by atoms with Crippen LogP contribution in [0.4, 0.5) is 11.6 Å². The number of nitrogens with zero attached hydrogens (tertiary/aromatic N) is 2. The Labute approximate surface area is 140 Å². The van der Waals surface area contributed by atoms with Crippen molar-refractivity contribution in [3.05, 3.63) is 41.2 Å². The van der Waals surface area contributed by atoms with Crippen molar-refractivity contribution >= 4 is 29.1 Å². The molecule has 0 radical (unpaired) electrons. The molecular formula is C16H19ClN4O2. The van der Waals surface area contributed by atoms with E-state index in [1.165, 1.54) is 6.20 Å². The summed E-state index contributed by atoms with van der Waals surface area (Å²) in [4.78, 5) is 20.4. The van der Waals surface area contributed by atoms with Crippen LogP contribution in [0, 0.1) is 5.92 Å². The number of methoxy groups -OCH3 is 1. The number of amides is 1. The molecule has 0 bridgehead atoms. The molecule has 1 aromatic carbocycles. The van der Waals surface area contributed by atoms with Gasteiger partial charge in [-0.05, 0) is 30.2 Å². The summed E-state index contributed by atoms with van der Waals surface area (Å²) in [5.41, 5.74) is 0.920. The maximum atomic E-state index is 12.1. The lowest BCUT2D eigenvalue weighted by Crippen LogP contribution is -2.28. The van der Waals surface area contributed by atoms with E-state index in [4.69, 9.17) is 16.3 Å². The van der Waals surface area contributed by atoms with Gasteiger partial charge in [0, 0.05) is 17.8 Å². The minimum Gasteiger partial charge on any atom is -0.495 e. The van der Waals surface area contributed by atoms with Gasteiger partial charge in [0.1, 0.15) is 11.4 Å². The van der Waals surface area contributed by atoms with Gasteiger partial charge < -0.3 is 15.4 Å². The molecule has 0 saturated carbocycles. The van der Waals surface area contributed by atoms with E-state index >= 15 is 0 Å². The van der Waals surface area contributed by atoms with Crippen LogP contribution < -0.4 is 15.4 Å². The molecule has 23 heavy (non-hydrogen) atoms. The average Bonchev–Trinajstić information content (AvgIpc) is 2.53. The number of nitrogens with one attached hydrogen (secondary N) is 2. The van der Waals surface area contributed by atoms with Gasteiger partial charge in [-0.1, -0.05) is 25.4 Å². The third-order valence-corrected chi connectivity index (χ3v) is 3.20. The van der Waals surface area contributed by atoms with Crippen LogP contribution in [0.25, 0.3) is 0 Å². The Hall–Kier alpha value is -2.34. The second kappa shape index (κ2) is 7.78. The number of hydrogen-bond acceptors (Lipinski definition) is 5. The molecular weight excluding hydrogens is 316 g/mol. The predicted octanol–water partition coefficient (Wildman–Crippen LogP) is 3.27. The molecule has 1 heterocycles. The van der Waals surface area contributed by atoms with Gasteiger partial charge in [-0.2, -0.15) is 0 Å². The van der Waals surface area contributed by atoms with Crippen LogP contribution in [0.1, 0.15) is 24.3 Å². The highest BCUT2D eigenvalue weighted by molar-refractivity contribution is 6.31. The molecule has 6 nitrogen and oxygen atoms in total. The number of anilines is 2. The zero-order valence-electron chi connectivity index (χ0n) is 13.3. The molecule has 2 aromatic rings. The summed E-state index contributed by atoms with van der Waals surface area (Å²) in [7, 11) is 1.56. The number of rotatable bonds is 6. The van der Waals surface area contributed by atoms with Crippen LogP contribution >= 0.6 is 11.6 Å². The molecule has 0 saturated heterocycles. The first-order chi connectivity index (χ1) is 11.0. The van der Waals surface area contributed by atoms with Crippen molar-refractivity contribution in [2.45, 2.75) is 13.8 Å². The van der Waals surface area contributed by atoms with Crippen molar-refractivity contribution in [2.75, 3.05) is 19.0 Å². The quantitative estimate of drug-likeness (QED) is 0.848. The van der Waals surface area contributed by atoms with Gasteiger partial charge in [-0.15, -0.1) is 0 Å². The predicted molar refractivity (Wildman–Crippen MR) is 90.5 cm³/mol. The van der Waals surface area contributed by atoms with Gasteiger partial charge in [0.2, 0.25) is 5.95 Å². The lowest BCUT2D eigenvalue weighted by Gasteiger charge is -2.11. The van der Waals surface area contributed by atoms with Crippen LogP contribution in [0.3, 0.4) is 0 Å². The van der Waals surface area contributed by atoms with E-state index in [9.17, 15) is 4.79 Å². The molecule has 2 N–H and O–H groups in total. The molecule has 1 aromatic heterocycles. The van der Waals surface area contributed by atoms with Crippen LogP contribution in [0.15, 0.2) is 30.5 Å². The number of carbonyl (C=O) groups excluding carboxylic acids is 1. The first kappa shape index (κ1) is 17.0. The zero-order chi connectivity index (χ0) is 16.8. The van der Waals surface area contributed by atoms with Crippen LogP contribution in [-0.2, 0) is 0 Å². The second-order valence-electron chi connectivity index (χ2n) is 5.34. The highest BCUT2D eigenvalue weighted by Gasteiger charge is 2.11. The minimum atomic E-state index is -0.234. The van der Waals surface area contributed by atoms with Gasteiger partial charge >= 0.3 is 0 Å². The van der Waals surface area contributed by atoms with E-state index in [1.807, 2.05) is 13.8 Å². The second-order valence-corrected chi connectivity index (χ2v) is 5.78. The van der Waals surface area contributed by atoms with Gasteiger partial charge in [0.05, 0.1) is 12.8 Å². The monoisotopic (exact) mass is 334 g/mol. The van der Waals surface area contributed by atoms with E-state index < -0.39 is 0 Å². The molecule has 7 heteroatoms. The first-order valence-electron chi connectivity index (χ1n) is 7.21. The number of benzene rings is 1. The number of halogens is 1. The Balaban J connectivity index is 2.17. The molecule has 0 fully saturated rings. The van der Waals surface area contributed by atoms with Crippen molar-refractivity contribution in [3.63, 3.8) is 0 Å². The smallest absolute Gasteiger partial charge is 0.270 e. The Bertz CT molecular complexity index is 692. The summed E-state index contributed by atoms with van der Waals surface area (Å²) >= 11 is 5.99. The van der Waals surface area contributed by atoms with Crippen molar-refractivity contribution < 1.29 is 9.53 Å². The normalized spacial score (nSPS) is 10.5. The number of carbonyl (C=O) groups is 1. The van der Waals surface area contributed by atoms with Crippen molar-refractivity contribution in [1.82, 2.24) is 15.3 Å². The average molecular weight is 335 g/mol. The van der Waals surface area contributed by atoms with Crippen molar-refractivity contribution in [1.29, 1.82) is 0 Å². The summed E-state index contributed by atoms with van der Waals surface area (Å²) in [5, 5.41) is 6.39. The van der Waals surface area contributed by atoms with E-state index in [0.717, 1.165) is 0 Å². The van der Waals surface area contributed by atoms with E-state index in [0.29, 0.717) is 40.6 Å². The largest absolute Gasteiger partial charge is 0.495 e. The molecule has 0 unspecified atom stereocenters. The lowest BCUT2D eigenvalue weighted by atomic mass is 10.2. The maximum Gasteiger partial charge on any atom is 0.270 e. The van der Waals surface area contributed by atoms with E-state index in [2.05, 4.69) is 20.6 Å². The standard InChI is InChI=1S/C16H19ClN4O2/c1-10(2)9-19-15(22)12-6-7-18-16(20-12)21-13-8-11(17)4-5-14(13)23-3/h4-8,10H,9H2,1-3H3,(H,19,22)(H,18,20,21). The third-order valence-electron chi connectivity index (χ3n) is 2.97. The van der Waals surface area contributed by atoms with E-state index in [1.54, 1.807) is 31.4 Å². The highest BCUT2D eigenvalue weighted by atomic mass is 35.5. The molecule has 0 aliphatic heterocycles. The molecule has 0 aliphatic carbocycles. The van der Waals surface area contributed by atoms with Crippen molar-refractivity contribution in [2.24, 2.45) is 5.92 Å². The van der Waals surface area contributed by atoms with E-state index in [-0.39, 0.29) is 5.91 Å². The summed E-state index contributed by atoms with van der Waals surface area (Å²) < 4.78 is 5.26. The SMILES string of the molecule is COc1ccc(Cl)cc1Nc1nccc(C(=O)NCC(C)C)n1. The molecule has 0 aliphatic rings. The number of aromatic nitrogens is 2. The Morgan fingerprint density at radius 3 is 2.83 bits per heavy atom. The molecule has 1 amide bonds. The van der Waals surface area contributed by atoms with Gasteiger partial charge in [0.25, 0.3) is 5.91 Å². The summed E-state index contributed by atoms with van der Waals surface area (Å²) in [5.74, 6) is 1.03. The molecule has 2 rings (SSSR count). The van der Waals surface area contributed by atoms with Gasteiger partial charge in [-0.25, -0.2) is 9.97 Å². The minimum absolute atomic E-state index is 0.234. The van der Waals surface area contributed by atoms with Gasteiger partial charge in [-0.3, -0.25) is 4.79 Å². The summed E-state index contributed by atoms with van der Waals surface area (Å²) in [6, 6.07) is 6.73. The molecule has 122 valence electrons. The van der Waals surface area contributed by atoms with Gasteiger partial charge in [0.15, 0.2) is 0 Å².